The van der Waals surface area contributed by atoms with Crippen LogP contribution < -0.4 is 10.1 Å². The van der Waals surface area contributed by atoms with Gasteiger partial charge in [-0.05, 0) is 36.8 Å². The van der Waals surface area contributed by atoms with Gasteiger partial charge in [0.05, 0.1) is 17.1 Å². The molecule has 2 aromatic rings. The maximum absolute atomic E-state index is 12.0. The van der Waals surface area contributed by atoms with Crippen molar-refractivity contribution in [3.8, 4) is 5.75 Å². The fraction of sp³-hybridized carbons (Fsp3) is 0.188. The minimum atomic E-state index is -0.213. The van der Waals surface area contributed by atoms with Crippen molar-refractivity contribution in [3.63, 3.8) is 0 Å². The van der Waals surface area contributed by atoms with E-state index in [4.69, 9.17) is 16.3 Å². The van der Waals surface area contributed by atoms with E-state index in [0.717, 1.165) is 15.8 Å². The van der Waals surface area contributed by atoms with Gasteiger partial charge in [-0.1, -0.05) is 45.7 Å². The van der Waals surface area contributed by atoms with Crippen LogP contribution >= 0.6 is 27.5 Å². The van der Waals surface area contributed by atoms with Gasteiger partial charge in [0.15, 0.2) is 0 Å². The van der Waals surface area contributed by atoms with Crippen LogP contribution in [0.2, 0.25) is 5.02 Å². The van der Waals surface area contributed by atoms with Crippen molar-refractivity contribution < 1.29 is 9.53 Å². The lowest BCUT2D eigenvalue weighted by molar-refractivity contribution is 0.0947. The summed E-state index contributed by atoms with van der Waals surface area (Å²) in [6.45, 7) is 2.80. The number of halogens is 2. The second kappa shape index (κ2) is 7.48. The topological polar surface area (TPSA) is 38.3 Å². The predicted octanol–water partition coefficient (Wildman–Crippen LogP) is 4.22. The van der Waals surface area contributed by atoms with Gasteiger partial charge in [0, 0.05) is 4.47 Å². The average Bonchev–Trinajstić information content (AvgIpc) is 2.47. The Labute approximate surface area is 137 Å². The highest BCUT2D eigenvalue weighted by Gasteiger charge is 2.10. The van der Waals surface area contributed by atoms with E-state index >= 15 is 0 Å². The molecule has 0 saturated carbocycles. The van der Waals surface area contributed by atoms with Crippen molar-refractivity contribution in [2.45, 2.75) is 6.92 Å². The molecule has 1 N–H and O–H groups in total. The third-order valence-electron chi connectivity index (χ3n) is 2.91. The molecule has 0 radical (unpaired) electrons. The van der Waals surface area contributed by atoms with E-state index in [1.54, 1.807) is 18.2 Å². The summed E-state index contributed by atoms with van der Waals surface area (Å²) in [5, 5.41) is 3.21. The number of rotatable bonds is 5. The molecule has 2 aromatic carbocycles. The SMILES string of the molecule is Cc1ccccc1OCCNC(=O)c1cc(Br)ccc1Cl. The number of aryl methyl sites for hydroxylation is 1. The number of hydrogen-bond acceptors (Lipinski definition) is 2. The summed E-state index contributed by atoms with van der Waals surface area (Å²) in [6.07, 6.45) is 0. The number of amides is 1. The summed E-state index contributed by atoms with van der Waals surface area (Å²) in [7, 11) is 0. The standard InChI is InChI=1S/C16H15BrClNO2/c1-11-4-2-3-5-15(11)21-9-8-19-16(20)13-10-12(17)6-7-14(13)18/h2-7,10H,8-9H2,1H3,(H,19,20). The minimum Gasteiger partial charge on any atom is -0.491 e. The third-order valence-corrected chi connectivity index (χ3v) is 3.73. The second-order valence-electron chi connectivity index (χ2n) is 4.49. The largest absolute Gasteiger partial charge is 0.491 e. The zero-order valence-corrected chi connectivity index (χ0v) is 13.9. The van der Waals surface area contributed by atoms with Crippen LogP contribution in [-0.2, 0) is 0 Å². The Balaban J connectivity index is 1.85. The summed E-state index contributed by atoms with van der Waals surface area (Å²) in [5.74, 6) is 0.613. The normalized spacial score (nSPS) is 10.2. The molecule has 0 aromatic heterocycles. The van der Waals surface area contributed by atoms with Crippen LogP contribution in [0.25, 0.3) is 0 Å². The Hall–Kier alpha value is -1.52. The predicted molar refractivity (Wildman–Crippen MR) is 88.2 cm³/mol. The van der Waals surface area contributed by atoms with Crippen molar-refractivity contribution in [1.29, 1.82) is 0 Å². The molecule has 0 bridgehead atoms. The van der Waals surface area contributed by atoms with E-state index in [0.29, 0.717) is 23.7 Å². The van der Waals surface area contributed by atoms with E-state index in [1.165, 1.54) is 0 Å². The minimum absolute atomic E-state index is 0.213. The number of hydrogen-bond donors (Lipinski definition) is 1. The lowest BCUT2D eigenvalue weighted by Gasteiger charge is -2.10. The van der Waals surface area contributed by atoms with Crippen molar-refractivity contribution in [1.82, 2.24) is 5.32 Å². The molecule has 0 spiro atoms. The Morgan fingerprint density at radius 3 is 2.81 bits per heavy atom. The van der Waals surface area contributed by atoms with Gasteiger partial charge in [0.1, 0.15) is 12.4 Å². The summed E-state index contributed by atoms with van der Waals surface area (Å²) in [6, 6.07) is 12.9. The van der Waals surface area contributed by atoms with Crippen molar-refractivity contribution in [2.24, 2.45) is 0 Å². The first-order valence-electron chi connectivity index (χ1n) is 6.49. The lowest BCUT2D eigenvalue weighted by Crippen LogP contribution is -2.28. The molecule has 110 valence electrons. The molecule has 0 unspecified atom stereocenters. The monoisotopic (exact) mass is 367 g/mol. The fourth-order valence-electron chi connectivity index (χ4n) is 1.81. The molecule has 5 heteroatoms. The quantitative estimate of drug-likeness (QED) is 0.803. The molecular weight excluding hydrogens is 354 g/mol. The maximum atomic E-state index is 12.0. The van der Waals surface area contributed by atoms with Crippen LogP contribution in [0.1, 0.15) is 15.9 Å². The maximum Gasteiger partial charge on any atom is 0.252 e. The molecule has 21 heavy (non-hydrogen) atoms. The number of carbonyl (C=O) groups is 1. The van der Waals surface area contributed by atoms with E-state index in [-0.39, 0.29) is 5.91 Å². The Morgan fingerprint density at radius 2 is 2.05 bits per heavy atom. The first-order chi connectivity index (χ1) is 10.1. The summed E-state index contributed by atoms with van der Waals surface area (Å²) >= 11 is 9.33. The highest BCUT2D eigenvalue weighted by atomic mass is 79.9. The van der Waals surface area contributed by atoms with Crippen LogP contribution in [0.15, 0.2) is 46.9 Å². The lowest BCUT2D eigenvalue weighted by atomic mass is 10.2. The van der Waals surface area contributed by atoms with Gasteiger partial charge in [-0.15, -0.1) is 0 Å². The van der Waals surface area contributed by atoms with Crippen LogP contribution in [-0.4, -0.2) is 19.1 Å². The molecule has 0 atom stereocenters. The molecule has 1 amide bonds. The summed E-state index contributed by atoms with van der Waals surface area (Å²) in [4.78, 5) is 12.0. The Morgan fingerprint density at radius 1 is 1.29 bits per heavy atom. The molecule has 0 aliphatic rings. The molecule has 3 nitrogen and oxygen atoms in total. The zero-order chi connectivity index (χ0) is 15.2. The zero-order valence-electron chi connectivity index (χ0n) is 11.5. The van der Waals surface area contributed by atoms with Gasteiger partial charge >= 0.3 is 0 Å². The van der Waals surface area contributed by atoms with Gasteiger partial charge < -0.3 is 10.1 Å². The van der Waals surface area contributed by atoms with Crippen LogP contribution in [0.3, 0.4) is 0 Å². The molecule has 2 rings (SSSR count). The van der Waals surface area contributed by atoms with Crippen LogP contribution in [0, 0.1) is 6.92 Å². The highest BCUT2D eigenvalue weighted by molar-refractivity contribution is 9.10. The molecule has 0 fully saturated rings. The Bertz CT molecular complexity index is 646. The molecule has 0 heterocycles. The van der Waals surface area contributed by atoms with Gasteiger partial charge in [-0.2, -0.15) is 0 Å². The fourth-order valence-corrected chi connectivity index (χ4v) is 2.38. The van der Waals surface area contributed by atoms with E-state index < -0.39 is 0 Å². The van der Waals surface area contributed by atoms with Crippen molar-refractivity contribution in [2.75, 3.05) is 13.2 Å². The first kappa shape index (κ1) is 15.9. The molecular formula is C16H15BrClNO2. The summed E-state index contributed by atoms with van der Waals surface area (Å²) < 4.78 is 6.43. The molecule has 0 aliphatic carbocycles. The van der Waals surface area contributed by atoms with Gasteiger partial charge in [-0.25, -0.2) is 0 Å². The van der Waals surface area contributed by atoms with E-state index in [1.807, 2.05) is 31.2 Å². The molecule has 0 saturated heterocycles. The molecule has 0 aliphatic heterocycles. The third kappa shape index (κ3) is 4.48. The second-order valence-corrected chi connectivity index (χ2v) is 5.82. The highest BCUT2D eigenvalue weighted by Crippen LogP contribution is 2.20. The van der Waals surface area contributed by atoms with Gasteiger partial charge in [-0.3, -0.25) is 4.79 Å². The number of ether oxygens (including phenoxy) is 1. The van der Waals surface area contributed by atoms with E-state index in [9.17, 15) is 4.79 Å². The van der Waals surface area contributed by atoms with Crippen LogP contribution in [0.4, 0.5) is 0 Å². The summed E-state index contributed by atoms with van der Waals surface area (Å²) in [5.41, 5.74) is 1.51. The number of benzene rings is 2. The van der Waals surface area contributed by atoms with Crippen molar-refractivity contribution in [3.05, 3.63) is 63.1 Å². The van der Waals surface area contributed by atoms with Gasteiger partial charge in [0.25, 0.3) is 5.91 Å². The van der Waals surface area contributed by atoms with E-state index in [2.05, 4.69) is 21.2 Å². The average molecular weight is 369 g/mol. The smallest absolute Gasteiger partial charge is 0.252 e. The van der Waals surface area contributed by atoms with Crippen LogP contribution in [0.5, 0.6) is 5.75 Å². The Kier molecular flexibility index (Phi) is 5.65. The van der Waals surface area contributed by atoms with Crippen molar-refractivity contribution >= 4 is 33.4 Å². The number of nitrogens with one attached hydrogen (secondary N) is 1. The number of carbonyl (C=O) groups excluding carboxylic acids is 1. The van der Waals surface area contributed by atoms with Gasteiger partial charge in [0.2, 0.25) is 0 Å². The number of para-hydroxylation sites is 1. The first-order valence-corrected chi connectivity index (χ1v) is 7.66.